The van der Waals surface area contributed by atoms with Crippen LogP contribution in [0.3, 0.4) is 0 Å². The molecule has 3 heteroatoms. The van der Waals surface area contributed by atoms with E-state index in [1.807, 2.05) is 0 Å². The topological polar surface area (TPSA) is 40.5 Å². The molecule has 15 heavy (non-hydrogen) atoms. The number of carboxylic acid groups (broad SMARTS) is 1. The zero-order chi connectivity index (χ0) is 10.9. The summed E-state index contributed by atoms with van der Waals surface area (Å²) in [6.45, 7) is 3.76. The van der Waals surface area contributed by atoms with E-state index < -0.39 is 5.97 Å². The van der Waals surface area contributed by atoms with Gasteiger partial charge < -0.3 is 10.0 Å². The number of carbonyl (C=O) groups is 1. The molecule has 0 atom stereocenters. The summed E-state index contributed by atoms with van der Waals surface area (Å²) in [6, 6.07) is 0. The molecule has 0 amide bonds. The molecule has 1 heterocycles. The summed E-state index contributed by atoms with van der Waals surface area (Å²) in [7, 11) is 0. The highest BCUT2D eigenvalue weighted by Crippen LogP contribution is 2.10. The third-order valence-corrected chi connectivity index (χ3v) is 3.06. The Morgan fingerprint density at radius 1 is 1.00 bits per heavy atom. The first kappa shape index (κ1) is 12.5. The van der Waals surface area contributed by atoms with Crippen LogP contribution in [0.4, 0.5) is 0 Å². The van der Waals surface area contributed by atoms with Gasteiger partial charge in [0.05, 0.1) is 0 Å². The fourth-order valence-electron chi connectivity index (χ4n) is 2.15. The Morgan fingerprint density at radius 3 is 2.33 bits per heavy atom. The lowest BCUT2D eigenvalue weighted by Gasteiger charge is -2.26. The Kier molecular flexibility index (Phi) is 6.41. The van der Waals surface area contributed by atoms with Gasteiger partial charge >= 0.3 is 5.97 Å². The molecule has 1 N–H and O–H groups in total. The maximum Gasteiger partial charge on any atom is 0.303 e. The van der Waals surface area contributed by atoms with Gasteiger partial charge in [-0.3, -0.25) is 4.79 Å². The SMILES string of the molecule is O=C(O)CCCCCCN1CCCCC1. The van der Waals surface area contributed by atoms with Crippen LogP contribution in [0.1, 0.15) is 51.4 Å². The summed E-state index contributed by atoms with van der Waals surface area (Å²) < 4.78 is 0. The van der Waals surface area contributed by atoms with E-state index in [4.69, 9.17) is 5.11 Å². The monoisotopic (exact) mass is 213 g/mol. The number of nitrogens with zero attached hydrogens (tertiary/aromatic N) is 1. The summed E-state index contributed by atoms with van der Waals surface area (Å²) in [5, 5.41) is 8.47. The number of carboxylic acids is 1. The van der Waals surface area contributed by atoms with Crippen LogP contribution < -0.4 is 0 Å². The molecule has 0 aliphatic carbocycles. The van der Waals surface area contributed by atoms with Gasteiger partial charge in [0, 0.05) is 6.42 Å². The van der Waals surface area contributed by atoms with Crippen molar-refractivity contribution in [3.05, 3.63) is 0 Å². The largest absolute Gasteiger partial charge is 0.481 e. The number of hydrogen-bond acceptors (Lipinski definition) is 2. The molecule has 0 aromatic heterocycles. The Morgan fingerprint density at radius 2 is 1.67 bits per heavy atom. The van der Waals surface area contributed by atoms with E-state index in [9.17, 15) is 4.79 Å². The van der Waals surface area contributed by atoms with Crippen molar-refractivity contribution in [3.63, 3.8) is 0 Å². The Bertz CT molecular complexity index is 176. The van der Waals surface area contributed by atoms with Crippen LogP contribution in [0.5, 0.6) is 0 Å². The maximum atomic E-state index is 10.3. The highest BCUT2D eigenvalue weighted by atomic mass is 16.4. The van der Waals surface area contributed by atoms with E-state index in [0.717, 1.165) is 12.8 Å². The molecule has 0 spiro atoms. The predicted octanol–water partition coefficient (Wildman–Crippen LogP) is 2.51. The zero-order valence-corrected chi connectivity index (χ0v) is 9.58. The lowest BCUT2D eigenvalue weighted by atomic mass is 10.1. The highest BCUT2D eigenvalue weighted by molar-refractivity contribution is 5.66. The molecule has 1 aliphatic rings. The minimum absolute atomic E-state index is 0.337. The van der Waals surface area contributed by atoms with Gasteiger partial charge in [-0.15, -0.1) is 0 Å². The normalized spacial score (nSPS) is 17.9. The quantitative estimate of drug-likeness (QED) is 0.661. The molecule has 0 aromatic carbocycles. The maximum absolute atomic E-state index is 10.3. The number of likely N-dealkylation sites (tertiary alicyclic amines) is 1. The summed E-state index contributed by atoms with van der Waals surface area (Å²) in [4.78, 5) is 12.8. The Labute approximate surface area is 92.5 Å². The van der Waals surface area contributed by atoms with Crippen molar-refractivity contribution in [1.82, 2.24) is 4.90 Å². The first-order valence-electron chi connectivity index (χ1n) is 6.23. The second-order valence-corrected chi connectivity index (χ2v) is 4.46. The van der Waals surface area contributed by atoms with E-state index >= 15 is 0 Å². The standard InChI is InChI=1S/C12H23NO2/c14-12(15)8-4-1-2-5-9-13-10-6-3-7-11-13/h1-11H2,(H,14,15). The lowest BCUT2D eigenvalue weighted by molar-refractivity contribution is -0.137. The van der Waals surface area contributed by atoms with Crippen molar-refractivity contribution < 1.29 is 9.90 Å². The van der Waals surface area contributed by atoms with E-state index in [1.54, 1.807) is 0 Å². The van der Waals surface area contributed by atoms with Gasteiger partial charge in [-0.25, -0.2) is 0 Å². The Hall–Kier alpha value is -0.570. The predicted molar refractivity (Wildman–Crippen MR) is 61.0 cm³/mol. The number of unbranched alkanes of at least 4 members (excludes halogenated alkanes) is 3. The number of hydrogen-bond donors (Lipinski definition) is 1. The van der Waals surface area contributed by atoms with Gasteiger partial charge in [0.25, 0.3) is 0 Å². The first-order chi connectivity index (χ1) is 7.29. The smallest absolute Gasteiger partial charge is 0.303 e. The van der Waals surface area contributed by atoms with Gasteiger partial charge in [-0.05, 0) is 45.3 Å². The molecular formula is C12H23NO2. The van der Waals surface area contributed by atoms with E-state index in [-0.39, 0.29) is 0 Å². The molecule has 0 radical (unpaired) electrons. The van der Waals surface area contributed by atoms with Gasteiger partial charge in [0.1, 0.15) is 0 Å². The summed E-state index contributed by atoms with van der Waals surface area (Å²) in [5.74, 6) is -0.661. The van der Waals surface area contributed by atoms with Gasteiger partial charge in [-0.1, -0.05) is 19.3 Å². The number of aliphatic carboxylic acids is 1. The van der Waals surface area contributed by atoms with Crippen LogP contribution in [0.15, 0.2) is 0 Å². The van der Waals surface area contributed by atoms with E-state index in [1.165, 1.54) is 51.7 Å². The minimum Gasteiger partial charge on any atom is -0.481 e. The molecule has 88 valence electrons. The first-order valence-corrected chi connectivity index (χ1v) is 6.23. The van der Waals surface area contributed by atoms with Gasteiger partial charge in [0.2, 0.25) is 0 Å². The molecule has 1 aliphatic heterocycles. The average molecular weight is 213 g/mol. The summed E-state index contributed by atoms with van der Waals surface area (Å²) in [6.07, 6.45) is 8.79. The number of piperidine rings is 1. The van der Waals surface area contributed by atoms with Gasteiger partial charge in [-0.2, -0.15) is 0 Å². The van der Waals surface area contributed by atoms with Crippen molar-refractivity contribution in [3.8, 4) is 0 Å². The van der Waals surface area contributed by atoms with Crippen molar-refractivity contribution in [2.75, 3.05) is 19.6 Å². The summed E-state index contributed by atoms with van der Waals surface area (Å²) >= 11 is 0. The second kappa shape index (κ2) is 7.69. The molecule has 1 saturated heterocycles. The number of rotatable bonds is 7. The van der Waals surface area contributed by atoms with Crippen molar-refractivity contribution in [2.24, 2.45) is 0 Å². The molecule has 0 bridgehead atoms. The third kappa shape index (κ3) is 6.50. The summed E-state index contributed by atoms with van der Waals surface area (Å²) in [5.41, 5.74) is 0. The van der Waals surface area contributed by atoms with Crippen LogP contribution in [-0.4, -0.2) is 35.6 Å². The molecule has 0 unspecified atom stereocenters. The van der Waals surface area contributed by atoms with Crippen LogP contribution >= 0.6 is 0 Å². The lowest BCUT2D eigenvalue weighted by Crippen LogP contribution is -2.30. The second-order valence-electron chi connectivity index (χ2n) is 4.46. The molecule has 1 rings (SSSR count). The minimum atomic E-state index is -0.661. The average Bonchev–Trinajstić information content (AvgIpc) is 2.24. The molecule has 3 nitrogen and oxygen atoms in total. The fraction of sp³-hybridized carbons (Fsp3) is 0.917. The highest BCUT2D eigenvalue weighted by Gasteiger charge is 2.08. The van der Waals surface area contributed by atoms with E-state index in [0.29, 0.717) is 6.42 Å². The molecule has 1 fully saturated rings. The van der Waals surface area contributed by atoms with Crippen LogP contribution in [0.2, 0.25) is 0 Å². The molecule has 0 saturated carbocycles. The van der Waals surface area contributed by atoms with Crippen LogP contribution in [-0.2, 0) is 4.79 Å². The molecular weight excluding hydrogens is 190 g/mol. The molecule has 0 aromatic rings. The van der Waals surface area contributed by atoms with Crippen LogP contribution in [0, 0.1) is 0 Å². The van der Waals surface area contributed by atoms with Gasteiger partial charge in [0.15, 0.2) is 0 Å². The van der Waals surface area contributed by atoms with Crippen molar-refractivity contribution >= 4 is 5.97 Å². The van der Waals surface area contributed by atoms with E-state index in [2.05, 4.69) is 4.90 Å². The van der Waals surface area contributed by atoms with Crippen LogP contribution in [0.25, 0.3) is 0 Å². The zero-order valence-electron chi connectivity index (χ0n) is 9.58. The Balaban J connectivity index is 1.85. The van der Waals surface area contributed by atoms with Crippen molar-refractivity contribution in [2.45, 2.75) is 51.4 Å². The fourth-order valence-corrected chi connectivity index (χ4v) is 2.15. The van der Waals surface area contributed by atoms with Crippen molar-refractivity contribution in [1.29, 1.82) is 0 Å². The third-order valence-electron chi connectivity index (χ3n) is 3.06.